The van der Waals surface area contributed by atoms with Crippen LogP contribution in [-0.2, 0) is 0 Å². The van der Waals surface area contributed by atoms with E-state index in [0.717, 1.165) is 19.4 Å². The Bertz CT molecular complexity index is 522. The zero-order valence-corrected chi connectivity index (χ0v) is 13.2. The van der Waals surface area contributed by atoms with E-state index < -0.39 is 0 Å². The molecule has 1 aliphatic heterocycles. The number of nitrogens with two attached hydrogens (primary N) is 1. The zero-order valence-electron chi connectivity index (χ0n) is 12.4. The fraction of sp³-hybridized carbons (Fsp3) is 0.533. The van der Waals surface area contributed by atoms with Gasteiger partial charge in [0.1, 0.15) is 0 Å². The number of carbonyl (C=O) groups excluding carboxylic acids is 1. The van der Waals surface area contributed by atoms with Gasteiger partial charge in [0.05, 0.1) is 18.7 Å². The number of rotatable bonds is 4. The minimum absolute atomic E-state index is 0.0442. The molecule has 1 aromatic rings. The number of hydrogen-bond acceptors (Lipinski definition) is 4. The third kappa shape index (κ3) is 3.60. The van der Waals surface area contributed by atoms with Crippen molar-refractivity contribution in [1.29, 1.82) is 0 Å². The van der Waals surface area contributed by atoms with Crippen LogP contribution < -0.4 is 15.2 Å². The van der Waals surface area contributed by atoms with Crippen LogP contribution in [0.2, 0.25) is 5.02 Å². The Morgan fingerprint density at radius 3 is 2.90 bits per heavy atom. The molecule has 116 valence electrons. The smallest absolute Gasteiger partial charge is 0.254 e. The Labute approximate surface area is 130 Å². The lowest BCUT2D eigenvalue weighted by Gasteiger charge is -2.31. The van der Waals surface area contributed by atoms with Gasteiger partial charge < -0.3 is 20.1 Å². The van der Waals surface area contributed by atoms with Gasteiger partial charge in [-0.15, -0.1) is 0 Å². The Balaban J connectivity index is 2.27. The third-order valence-electron chi connectivity index (χ3n) is 3.51. The number of amides is 1. The summed E-state index contributed by atoms with van der Waals surface area (Å²) in [6.07, 6.45) is 1.88. The van der Waals surface area contributed by atoms with Crippen molar-refractivity contribution in [2.45, 2.75) is 25.8 Å². The topological polar surface area (TPSA) is 64.8 Å². The minimum Gasteiger partial charge on any atom is -0.493 e. The summed E-state index contributed by atoms with van der Waals surface area (Å²) in [4.78, 5) is 14.3. The van der Waals surface area contributed by atoms with E-state index in [0.29, 0.717) is 35.2 Å². The molecule has 0 aromatic heterocycles. The molecule has 0 radical (unpaired) electrons. The molecule has 6 heteroatoms. The second-order valence-electron chi connectivity index (χ2n) is 5.08. The third-order valence-corrected chi connectivity index (χ3v) is 3.79. The predicted octanol–water partition coefficient (Wildman–Crippen LogP) is 2.31. The fourth-order valence-corrected chi connectivity index (χ4v) is 2.77. The first-order valence-electron chi connectivity index (χ1n) is 7.12. The van der Waals surface area contributed by atoms with Crippen molar-refractivity contribution in [3.05, 3.63) is 22.7 Å². The monoisotopic (exact) mass is 312 g/mol. The molecule has 1 aliphatic rings. The number of halogens is 1. The van der Waals surface area contributed by atoms with Gasteiger partial charge in [0.15, 0.2) is 11.5 Å². The van der Waals surface area contributed by atoms with Crippen LogP contribution in [-0.4, -0.2) is 43.7 Å². The second-order valence-corrected chi connectivity index (χ2v) is 5.48. The van der Waals surface area contributed by atoms with Crippen LogP contribution in [0.4, 0.5) is 0 Å². The summed E-state index contributed by atoms with van der Waals surface area (Å²) < 4.78 is 10.7. The van der Waals surface area contributed by atoms with Gasteiger partial charge in [-0.1, -0.05) is 11.6 Å². The quantitative estimate of drug-likeness (QED) is 0.926. The van der Waals surface area contributed by atoms with Gasteiger partial charge in [0.25, 0.3) is 5.91 Å². The van der Waals surface area contributed by atoms with Gasteiger partial charge in [0, 0.05) is 24.7 Å². The number of piperidine rings is 1. The Hall–Kier alpha value is -1.46. The lowest BCUT2D eigenvalue weighted by atomic mass is 10.1. The SMILES string of the molecule is CCOc1c(Cl)cc(C(=O)N2CCCC(N)C2)cc1OC. The molecule has 2 N–H and O–H groups in total. The van der Waals surface area contributed by atoms with Crippen LogP contribution in [0.25, 0.3) is 0 Å². The number of nitrogens with zero attached hydrogens (tertiary/aromatic N) is 1. The van der Waals surface area contributed by atoms with Crippen molar-refractivity contribution in [3.8, 4) is 11.5 Å². The van der Waals surface area contributed by atoms with Crippen LogP contribution >= 0.6 is 11.6 Å². The van der Waals surface area contributed by atoms with E-state index in [4.69, 9.17) is 26.8 Å². The minimum atomic E-state index is -0.0756. The maximum atomic E-state index is 12.6. The highest BCUT2D eigenvalue weighted by Gasteiger charge is 2.24. The summed E-state index contributed by atoms with van der Waals surface area (Å²) in [5, 5.41) is 0.376. The molecular formula is C15H21ClN2O3. The molecule has 1 saturated heterocycles. The number of hydrogen-bond donors (Lipinski definition) is 1. The highest BCUT2D eigenvalue weighted by molar-refractivity contribution is 6.32. The van der Waals surface area contributed by atoms with E-state index >= 15 is 0 Å². The highest BCUT2D eigenvalue weighted by atomic mass is 35.5. The van der Waals surface area contributed by atoms with Gasteiger partial charge in [-0.3, -0.25) is 4.79 Å². The molecular weight excluding hydrogens is 292 g/mol. The van der Waals surface area contributed by atoms with Gasteiger partial charge in [-0.05, 0) is 31.9 Å². The first-order chi connectivity index (χ1) is 10.1. The zero-order chi connectivity index (χ0) is 15.4. The summed E-state index contributed by atoms with van der Waals surface area (Å²) in [6, 6.07) is 3.33. The molecule has 1 atom stereocenters. The maximum absolute atomic E-state index is 12.6. The Morgan fingerprint density at radius 2 is 2.29 bits per heavy atom. The lowest BCUT2D eigenvalue weighted by molar-refractivity contribution is 0.0708. The molecule has 1 unspecified atom stereocenters. The summed E-state index contributed by atoms with van der Waals surface area (Å²) >= 11 is 6.20. The van der Waals surface area contributed by atoms with Crippen LogP contribution in [0.5, 0.6) is 11.5 Å². The molecule has 0 spiro atoms. The molecule has 0 aliphatic carbocycles. The predicted molar refractivity (Wildman–Crippen MR) is 82.3 cm³/mol. The molecule has 21 heavy (non-hydrogen) atoms. The van der Waals surface area contributed by atoms with Crippen molar-refractivity contribution in [3.63, 3.8) is 0 Å². The van der Waals surface area contributed by atoms with Crippen LogP contribution in [0.1, 0.15) is 30.1 Å². The van der Waals surface area contributed by atoms with Gasteiger partial charge in [-0.25, -0.2) is 0 Å². The molecule has 0 bridgehead atoms. The first kappa shape index (κ1) is 15.9. The molecule has 2 rings (SSSR count). The number of likely N-dealkylation sites (tertiary alicyclic amines) is 1. The molecule has 0 saturated carbocycles. The van der Waals surface area contributed by atoms with E-state index in [-0.39, 0.29) is 11.9 Å². The highest BCUT2D eigenvalue weighted by Crippen LogP contribution is 2.36. The van der Waals surface area contributed by atoms with Crippen molar-refractivity contribution in [1.82, 2.24) is 4.90 Å². The van der Waals surface area contributed by atoms with E-state index in [2.05, 4.69) is 0 Å². The van der Waals surface area contributed by atoms with Gasteiger partial charge in [0.2, 0.25) is 0 Å². The number of methoxy groups -OCH3 is 1. The normalized spacial score (nSPS) is 18.5. The summed E-state index contributed by atoms with van der Waals surface area (Å²) in [7, 11) is 1.53. The Kier molecular flexibility index (Phi) is 5.31. The first-order valence-corrected chi connectivity index (χ1v) is 7.49. The number of benzene rings is 1. The van der Waals surface area contributed by atoms with Crippen LogP contribution in [0, 0.1) is 0 Å². The van der Waals surface area contributed by atoms with E-state index in [1.807, 2.05) is 6.92 Å². The van der Waals surface area contributed by atoms with Crippen molar-refractivity contribution >= 4 is 17.5 Å². The largest absolute Gasteiger partial charge is 0.493 e. The molecule has 1 amide bonds. The average molecular weight is 313 g/mol. The van der Waals surface area contributed by atoms with E-state index in [1.165, 1.54) is 7.11 Å². The average Bonchev–Trinajstić information content (AvgIpc) is 2.48. The lowest BCUT2D eigenvalue weighted by Crippen LogP contribution is -2.45. The number of ether oxygens (including phenoxy) is 2. The standard InChI is InChI=1S/C15H21ClN2O3/c1-3-21-14-12(16)7-10(8-13(14)20-2)15(19)18-6-4-5-11(17)9-18/h7-8,11H,3-6,9,17H2,1-2H3. The van der Waals surface area contributed by atoms with E-state index in [9.17, 15) is 4.79 Å². The molecule has 5 nitrogen and oxygen atoms in total. The van der Waals surface area contributed by atoms with Crippen molar-refractivity contribution < 1.29 is 14.3 Å². The summed E-state index contributed by atoms with van der Waals surface area (Å²) in [5.41, 5.74) is 6.42. The van der Waals surface area contributed by atoms with Gasteiger partial charge in [-0.2, -0.15) is 0 Å². The molecule has 1 heterocycles. The number of carbonyl (C=O) groups is 1. The van der Waals surface area contributed by atoms with Crippen LogP contribution in [0.3, 0.4) is 0 Å². The summed E-state index contributed by atoms with van der Waals surface area (Å²) in [6.45, 7) is 3.64. The summed E-state index contributed by atoms with van der Waals surface area (Å²) in [5.74, 6) is 0.857. The van der Waals surface area contributed by atoms with Crippen LogP contribution in [0.15, 0.2) is 12.1 Å². The fourth-order valence-electron chi connectivity index (χ4n) is 2.50. The van der Waals surface area contributed by atoms with E-state index in [1.54, 1.807) is 17.0 Å². The molecule has 1 aromatic carbocycles. The van der Waals surface area contributed by atoms with Crippen molar-refractivity contribution in [2.75, 3.05) is 26.8 Å². The maximum Gasteiger partial charge on any atom is 0.254 e. The Morgan fingerprint density at radius 1 is 1.52 bits per heavy atom. The van der Waals surface area contributed by atoms with Crippen molar-refractivity contribution in [2.24, 2.45) is 5.73 Å². The van der Waals surface area contributed by atoms with Gasteiger partial charge >= 0.3 is 0 Å². The second kappa shape index (κ2) is 7.00. The molecule has 1 fully saturated rings.